The second-order valence-corrected chi connectivity index (χ2v) is 3.14. The van der Waals surface area contributed by atoms with Crippen molar-refractivity contribution in [1.29, 1.82) is 0 Å². The molecule has 0 bridgehead atoms. The maximum Gasteiger partial charge on any atom is 0.133 e. The van der Waals surface area contributed by atoms with Gasteiger partial charge in [-0.15, -0.1) is 0 Å². The van der Waals surface area contributed by atoms with Gasteiger partial charge in [0.25, 0.3) is 0 Å². The summed E-state index contributed by atoms with van der Waals surface area (Å²) in [5.41, 5.74) is 0.956. The first kappa shape index (κ1) is 10.4. The Bertz CT molecular complexity index is 268. The van der Waals surface area contributed by atoms with Crippen LogP contribution in [0.2, 0.25) is 5.15 Å². The molecule has 0 aliphatic heterocycles. The highest BCUT2D eigenvalue weighted by molar-refractivity contribution is 6.30. The molecule has 0 aliphatic carbocycles. The second kappa shape index (κ2) is 5.17. The number of pyridine rings is 1. The summed E-state index contributed by atoms with van der Waals surface area (Å²) >= 11 is 5.88. The van der Waals surface area contributed by atoms with Gasteiger partial charge in [-0.3, -0.25) is 0 Å². The summed E-state index contributed by atoms with van der Waals surface area (Å²) in [4.78, 5) is 3.97. The zero-order valence-electron chi connectivity index (χ0n) is 7.50. The van der Waals surface area contributed by atoms with Crippen molar-refractivity contribution in [3.05, 3.63) is 29.0 Å². The van der Waals surface area contributed by atoms with Crippen LogP contribution in [0.25, 0.3) is 0 Å². The number of nitrogens with zero attached hydrogens (tertiary/aromatic N) is 1. The molecule has 0 aliphatic rings. The number of aliphatic hydroxyl groups is 1. The summed E-state index contributed by atoms with van der Waals surface area (Å²) in [5, 5.41) is 12.2. The van der Waals surface area contributed by atoms with E-state index in [4.69, 9.17) is 16.7 Å². The molecule has 2 N–H and O–H groups in total. The van der Waals surface area contributed by atoms with Crippen LogP contribution < -0.4 is 5.32 Å². The van der Waals surface area contributed by atoms with Crippen molar-refractivity contribution < 1.29 is 5.11 Å². The lowest BCUT2D eigenvalue weighted by molar-refractivity contribution is 0.286. The molecule has 1 aromatic heterocycles. The first-order chi connectivity index (χ1) is 6.25. The second-order valence-electron chi connectivity index (χ2n) is 2.78. The van der Waals surface area contributed by atoms with E-state index in [1.54, 1.807) is 6.20 Å². The number of aromatic nitrogens is 1. The van der Waals surface area contributed by atoms with Crippen molar-refractivity contribution in [3.63, 3.8) is 0 Å². The highest BCUT2D eigenvalue weighted by Gasteiger charge is 2.07. The topological polar surface area (TPSA) is 45.1 Å². The predicted octanol–water partition coefficient (Wildman–Crippen LogP) is 1.38. The third-order valence-corrected chi connectivity index (χ3v) is 2.13. The molecule has 0 amide bonds. The van der Waals surface area contributed by atoms with Gasteiger partial charge >= 0.3 is 0 Å². The smallest absolute Gasteiger partial charge is 0.133 e. The van der Waals surface area contributed by atoms with Crippen LogP contribution in [0.5, 0.6) is 0 Å². The summed E-state index contributed by atoms with van der Waals surface area (Å²) in [6.07, 6.45) is 1.66. The Morgan fingerprint density at radius 2 is 2.46 bits per heavy atom. The molecule has 0 fully saturated rings. The molecule has 0 aromatic carbocycles. The predicted molar refractivity (Wildman–Crippen MR) is 52.8 cm³/mol. The molecule has 0 radical (unpaired) electrons. The fraction of sp³-hybridized carbons (Fsp3) is 0.444. The average molecular weight is 201 g/mol. The average Bonchev–Trinajstić information content (AvgIpc) is 2.15. The summed E-state index contributed by atoms with van der Waals surface area (Å²) in [6, 6.07) is 3.89. The van der Waals surface area contributed by atoms with E-state index in [0.717, 1.165) is 5.56 Å². The zero-order valence-corrected chi connectivity index (χ0v) is 8.25. The minimum atomic E-state index is 0.119. The van der Waals surface area contributed by atoms with Crippen LogP contribution in [0.15, 0.2) is 18.3 Å². The lowest BCUT2D eigenvalue weighted by Gasteiger charge is -2.13. The normalized spacial score (nSPS) is 12.8. The van der Waals surface area contributed by atoms with Crippen LogP contribution in [-0.4, -0.2) is 23.2 Å². The summed E-state index contributed by atoms with van der Waals surface area (Å²) < 4.78 is 0. The van der Waals surface area contributed by atoms with Gasteiger partial charge in [-0.05, 0) is 13.0 Å². The molecular weight excluding hydrogens is 188 g/mol. The zero-order chi connectivity index (χ0) is 9.68. The Kier molecular flexibility index (Phi) is 4.15. The fourth-order valence-electron chi connectivity index (χ4n) is 1.11. The van der Waals surface area contributed by atoms with Gasteiger partial charge in [0.15, 0.2) is 0 Å². The molecule has 13 heavy (non-hydrogen) atoms. The monoisotopic (exact) mass is 200 g/mol. The fourth-order valence-corrected chi connectivity index (χ4v) is 1.40. The molecule has 0 saturated carbocycles. The third kappa shape index (κ3) is 2.95. The van der Waals surface area contributed by atoms with Crippen LogP contribution in [-0.2, 0) is 0 Å². The Hall–Kier alpha value is -0.640. The molecule has 1 rings (SSSR count). The van der Waals surface area contributed by atoms with Crippen molar-refractivity contribution in [2.75, 3.05) is 13.2 Å². The number of hydrogen-bond donors (Lipinski definition) is 2. The lowest BCUT2D eigenvalue weighted by Crippen LogP contribution is -2.22. The van der Waals surface area contributed by atoms with Crippen LogP contribution in [0.1, 0.15) is 18.5 Å². The molecule has 0 saturated heterocycles. The van der Waals surface area contributed by atoms with Gasteiger partial charge in [0.2, 0.25) is 0 Å². The minimum absolute atomic E-state index is 0.119. The van der Waals surface area contributed by atoms with Gasteiger partial charge in [-0.2, -0.15) is 0 Å². The molecular formula is C9H13ClN2O. The number of rotatable bonds is 4. The number of nitrogens with one attached hydrogen (secondary N) is 1. The van der Waals surface area contributed by atoms with Crippen LogP contribution >= 0.6 is 11.6 Å². The van der Waals surface area contributed by atoms with E-state index in [0.29, 0.717) is 11.7 Å². The highest BCUT2D eigenvalue weighted by atomic mass is 35.5. The quantitative estimate of drug-likeness (QED) is 0.722. The lowest BCUT2D eigenvalue weighted by atomic mass is 10.1. The van der Waals surface area contributed by atoms with Crippen molar-refractivity contribution in [2.24, 2.45) is 0 Å². The summed E-state index contributed by atoms with van der Waals surface area (Å²) in [6.45, 7) is 2.67. The summed E-state index contributed by atoms with van der Waals surface area (Å²) in [5.74, 6) is 0. The van der Waals surface area contributed by atoms with Gasteiger partial charge in [0, 0.05) is 24.3 Å². The van der Waals surface area contributed by atoms with Gasteiger partial charge < -0.3 is 10.4 Å². The Morgan fingerprint density at radius 1 is 1.69 bits per heavy atom. The molecule has 1 heterocycles. The minimum Gasteiger partial charge on any atom is -0.395 e. The third-order valence-electron chi connectivity index (χ3n) is 1.82. The largest absolute Gasteiger partial charge is 0.395 e. The van der Waals surface area contributed by atoms with E-state index in [-0.39, 0.29) is 12.6 Å². The Labute approximate surface area is 82.8 Å². The number of hydrogen-bond acceptors (Lipinski definition) is 3. The first-order valence-electron chi connectivity index (χ1n) is 4.20. The van der Waals surface area contributed by atoms with Crippen molar-refractivity contribution >= 4 is 11.6 Å². The molecule has 1 aromatic rings. The van der Waals surface area contributed by atoms with Crippen molar-refractivity contribution in [3.8, 4) is 0 Å². The van der Waals surface area contributed by atoms with Gasteiger partial charge in [-0.1, -0.05) is 17.7 Å². The van der Waals surface area contributed by atoms with E-state index < -0.39 is 0 Å². The van der Waals surface area contributed by atoms with Gasteiger partial charge in [-0.25, -0.2) is 4.98 Å². The van der Waals surface area contributed by atoms with Gasteiger partial charge in [0.05, 0.1) is 6.61 Å². The van der Waals surface area contributed by atoms with Crippen molar-refractivity contribution in [1.82, 2.24) is 10.3 Å². The molecule has 0 spiro atoms. The summed E-state index contributed by atoms with van der Waals surface area (Å²) in [7, 11) is 0. The first-order valence-corrected chi connectivity index (χ1v) is 4.58. The van der Waals surface area contributed by atoms with E-state index in [2.05, 4.69) is 10.3 Å². The number of halogens is 1. The number of aliphatic hydroxyl groups excluding tert-OH is 1. The van der Waals surface area contributed by atoms with E-state index in [1.807, 2.05) is 19.1 Å². The van der Waals surface area contributed by atoms with E-state index >= 15 is 0 Å². The Balaban J connectivity index is 2.65. The molecule has 1 unspecified atom stereocenters. The van der Waals surface area contributed by atoms with Crippen molar-refractivity contribution in [2.45, 2.75) is 13.0 Å². The molecule has 1 atom stereocenters. The van der Waals surface area contributed by atoms with Crippen LogP contribution in [0.4, 0.5) is 0 Å². The maximum absolute atomic E-state index is 8.62. The molecule has 4 heteroatoms. The Morgan fingerprint density at radius 3 is 3.08 bits per heavy atom. The highest BCUT2D eigenvalue weighted by Crippen LogP contribution is 2.19. The molecule has 72 valence electrons. The van der Waals surface area contributed by atoms with Gasteiger partial charge in [0.1, 0.15) is 5.15 Å². The van der Waals surface area contributed by atoms with Crippen LogP contribution in [0.3, 0.4) is 0 Å². The SMILES string of the molecule is CC(NCCO)c1cccnc1Cl. The maximum atomic E-state index is 8.62. The van der Waals surface area contributed by atoms with E-state index in [9.17, 15) is 0 Å². The van der Waals surface area contributed by atoms with E-state index in [1.165, 1.54) is 0 Å². The standard InChI is InChI=1S/C9H13ClN2O/c1-7(11-5-6-13)8-3-2-4-12-9(8)10/h2-4,7,11,13H,5-6H2,1H3. The van der Waals surface area contributed by atoms with Crippen LogP contribution in [0, 0.1) is 0 Å². The molecule has 3 nitrogen and oxygen atoms in total.